The van der Waals surface area contributed by atoms with Crippen LogP contribution in [0, 0.1) is 18.8 Å². The van der Waals surface area contributed by atoms with Crippen molar-refractivity contribution in [3.63, 3.8) is 0 Å². The molecule has 1 N–H and O–H groups in total. The fourth-order valence-electron chi connectivity index (χ4n) is 1.91. The minimum atomic E-state index is 0.0790. The van der Waals surface area contributed by atoms with Crippen LogP contribution in [-0.4, -0.2) is 11.7 Å². The Hall–Kier alpha value is -1.95. The van der Waals surface area contributed by atoms with Crippen LogP contribution in [0.4, 0.5) is 0 Å². The van der Waals surface area contributed by atoms with E-state index in [1.807, 2.05) is 49.4 Å². The van der Waals surface area contributed by atoms with Crippen LogP contribution in [-0.2, 0) is 6.61 Å². The maximum absolute atomic E-state index is 8.78. The summed E-state index contributed by atoms with van der Waals surface area (Å²) in [4.78, 5) is 0. The van der Waals surface area contributed by atoms with Crippen LogP contribution >= 0.6 is 11.6 Å². The molecule has 108 valence electrons. The first-order chi connectivity index (χ1) is 10.2. The molecule has 0 amide bonds. The Morgan fingerprint density at radius 1 is 1.19 bits per heavy atom. The quantitative estimate of drug-likeness (QED) is 0.866. The molecule has 0 saturated heterocycles. The van der Waals surface area contributed by atoms with Crippen LogP contribution in [0.25, 0.3) is 0 Å². The zero-order valence-corrected chi connectivity index (χ0v) is 12.7. The molecule has 0 aliphatic rings. The molecule has 0 heterocycles. The van der Waals surface area contributed by atoms with Gasteiger partial charge in [0.05, 0.1) is 6.61 Å². The van der Waals surface area contributed by atoms with Crippen molar-refractivity contribution in [1.82, 2.24) is 0 Å². The molecule has 2 aromatic carbocycles. The van der Waals surface area contributed by atoms with Gasteiger partial charge in [0.15, 0.2) is 0 Å². The number of aryl methyl sites for hydroxylation is 1. The molecule has 3 heteroatoms. The summed E-state index contributed by atoms with van der Waals surface area (Å²) in [6.45, 7) is 2.50. The third-order valence-corrected chi connectivity index (χ3v) is 3.23. The van der Waals surface area contributed by atoms with E-state index in [2.05, 4.69) is 11.8 Å². The van der Waals surface area contributed by atoms with E-state index in [0.717, 1.165) is 22.4 Å². The lowest BCUT2D eigenvalue weighted by atomic mass is 10.1. The molecule has 21 heavy (non-hydrogen) atoms. The van der Waals surface area contributed by atoms with Gasteiger partial charge in [-0.1, -0.05) is 41.6 Å². The summed E-state index contributed by atoms with van der Waals surface area (Å²) in [5, 5.41) is 9.48. The van der Waals surface area contributed by atoms with E-state index < -0.39 is 0 Å². The Morgan fingerprint density at radius 2 is 2.00 bits per heavy atom. The molecule has 0 aliphatic carbocycles. The Balaban J connectivity index is 2.11. The van der Waals surface area contributed by atoms with Gasteiger partial charge in [0.25, 0.3) is 0 Å². The van der Waals surface area contributed by atoms with Crippen molar-refractivity contribution in [3.8, 4) is 17.6 Å². The van der Waals surface area contributed by atoms with Crippen LogP contribution in [0.15, 0.2) is 42.5 Å². The normalized spacial score (nSPS) is 9.86. The molecular formula is C18H17ClO2. The number of aliphatic hydroxyl groups is 1. The topological polar surface area (TPSA) is 29.5 Å². The second kappa shape index (κ2) is 7.73. The number of halogens is 1. The first-order valence-corrected chi connectivity index (χ1v) is 7.15. The van der Waals surface area contributed by atoms with Gasteiger partial charge in [-0.3, -0.25) is 0 Å². The predicted molar refractivity (Wildman–Crippen MR) is 85.5 cm³/mol. The van der Waals surface area contributed by atoms with Gasteiger partial charge in [0.2, 0.25) is 0 Å². The summed E-state index contributed by atoms with van der Waals surface area (Å²) in [6, 6.07) is 13.4. The minimum Gasteiger partial charge on any atom is -0.489 e. The molecule has 0 saturated carbocycles. The summed E-state index contributed by atoms with van der Waals surface area (Å²) < 4.78 is 5.85. The van der Waals surface area contributed by atoms with Gasteiger partial charge in [-0.2, -0.15) is 0 Å². The molecule has 0 aliphatic heterocycles. The first-order valence-electron chi connectivity index (χ1n) is 6.77. The zero-order valence-electron chi connectivity index (χ0n) is 11.9. The molecule has 2 nitrogen and oxygen atoms in total. The third kappa shape index (κ3) is 4.53. The van der Waals surface area contributed by atoms with Gasteiger partial charge in [0, 0.05) is 22.6 Å². The smallest absolute Gasteiger partial charge is 0.122 e. The lowest BCUT2D eigenvalue weighted by Gasteiger charge is -2.10. The second-order valence-corrected chi connectivity index (χ2v) is 5.07. The Labute approximate surface area is 130 Å². The maximum Gasteiger partial charge on any atom is 0.122 e. The van der Waals surface area contributed by atoms with Crippen molar-refractivity contribution in [3.05, 3.63) is 64.2 Å². The van der Waals surface area contributed by atoms with E-state index in [1.54, 1.807) is 0 Å². The van der Waals surface area contributed by atoms with Crippen molar-refractivity contribution in [1.29, 1.82) is 0 Å². The molecule has 2 rings (SSSR count). The average Bonchev–Trinajstić information content (AvgIpc) is 2.48. The summed E-state index contributed by atoms with van der Waals surface area (Å²) in [5.74, 6) is 6.82. The largest absolute Gasteiger partial charge is 0.489 e. The summed E-state index contributed by atoms with van der Waals surface area (Å²) in [7, 11) is 0. The Bertz CT molecular complexity index is 668. The van der Waals surface area contributed by atoms with Crippen molar-refractivity contribution in [2.24, 2.45) is 0 Å². The van der Waals surface area contributed by atoms with Crippen LogP contribution in [0.3, 0.4) is 0 Å². The van der Waals surface area contributed by atoms with E-state index in [-0.39, 0.29) is 6.61 Å². The van der Waals surface area contributed by atoms with Crippen molar-refractivity contribution < 1.29 is 9.84 Å². The van der Waals surface area contributed by atoms with Crippen molar-refractivity contribution >= 4 is 11.6 Å². The lowest BCUT2D eigenvalue weighted by molar-refractivity contribution is 0.303. The summed E-state index contributed by atoms with van der Waals surface area (Å²) in [5.41, 5.74) is 2.96. The molecular weight excluding hydrogens is 284 g/mol. The molecule has 0 bridgehead atoms. The highest BCUT2D eigenvalue weighted by Gasteiger charge is 2.03. The number of aliphatic hydroxyl groups excluding tert-OH is 1. The van der Waals surface area contributed by atoms with E-state index in [4.69, 9.17) is 21.4 Å². The van der Waals surface area contributed by atoms with Gasteiger partial charge in [-0.15, -0.1) is 0 Å². The standard InChI is InChI=1S/C18H17ClO2/c1-14-12-17(19)9-10-18(14)21-13-16-8-3-2-6-15(16)7-4-5-11-20/h2-3,6,8-10,12,20H,5,11,13H2,1H3. The molecule has 0 fully saturated rings. The molecule has 0 atom stereocenters. The maximum atomic E-state index is 8.78. The van der Waals surface area contributed by atoms with Crippen LogP contribution in [0.1, 0.15) is 23.1 Å². The third-order valence-electron chi connectivity index (χ3n) is 3.00. The van der Waals surface area contributed by atoms with Gasteiger partial charge in [-0.05, 0) is 36.8 Å². The number of benzene rings is 2. The van der Waals surface area contributed by atoms with Crippen molar-refractivity contribution in [2.45, 2.75) is 20.0 Å². The van der Waals surface area contributed by atoms with Crippen LogP contribution in [0.5, 0.6) is 5.75 Å². The van der Waals surface area contributed by atoms with Crippen LogP contribution < -0.4 is 4.74 Å². The van der Waals surface area contributed by atoms with Gasteiger partial charge in [0.1, 0.15) is 12.4 Å². The number of rotatable bonds is 4. The SMILES string of the molecule is Cc1cc(Cl)ccc1OCc1ccccc1C#CCCO. The number of ether oxygens (including phenoxy) is 1. The van der Waals surface area contributed by atoms with Gasteiger partial charge < -0.3 is 9.84 Å². The first kappa shape index (κ1) is 15.4. The highest BCUT2D eigenvalue weighted by Crippen LogP contribution is 2.23. The van der Waals surface area contributed by atoms with E-state index >= 15 is 0 Å². The van der Waals surface area contributed by atoms with E-state index in [9.17, 15) is 0 Å². The molecule has 0 aromatic heterocycles. The summed E-state index contributed by atoms with van der Waals surface area (Å²) >= 11 is 5.94. The fourth-order valence-corrected chi connectivity index (χ4v) is 2.14. The lowest BCUT2D eigenvalue weighted by Crippen LogP contribution is -1.99. The van der Waals surface area contributed by atoms with Crippen molar-refractivity contribution in [2.75, 3.05) is 6.61 Å². The molecule has 0 radical (unpaired) electrons. The highest BCUT2D eigenvalue weighted by molar-refractivity contribution is 6.30. The highest BCUT2D eigenvalue weighted by atomic mass is 35.5. The van der Waals surface area contributed by atoms with Gasteiger partial charge in [-0.25, -0.2) is 0 Å². The van der Waals surface area contributed by atoms with Gasteiger partial charge >= 0.3 is 0 Å². The Morgan fingerprint density at radius 3 is 2.76 bits per heavy atom. The van der Waals surface area contributed by atoms with E-state index in [0.29, 0.717) is 18.1 Å². The number of hydrogen-bond donors (Lipinski definition) is 1. The van der Waals surface area contributed by atoms with Crippen LogP contribution in [0.2, 0.25) is 5.02 Å². The fraction of sp³-hybridized carbons (Fsp3) is 0.222. The monoisotopic (exact) mass is 300 g/mol. The molecule has 0 spiro atoms. The number of hydrogen-bond acceptors (Lipinski definition) is 2. The molecule has 2 aromatic rings. The average molecular weight is 301 g/mol. The minimum absolute atomic E-state index is 0.0790. The summed E-state index contributed by atoms with van der Waals surface area (Å²) in [6.07, 6.45) is 0.478. The molecule has 0 unspecified atom stereocenters. The predicted octanol–water partition coefficient (Wildman–Crippen LogP) is 3.96. The zero-order chi connectivity index (χ0) is 15.1. The second-order valence-electron chi connectivity index (χ2n) is 4.63. The Kier molecular flexibility index (Phi) is 5.68. The van der Waals surface area contributed by atoms with E-state index in [1.165, 1.54) is 0 Å².